The van der Waals surface area contributed by atoms with E-state index in [9.17, 15) is 0 Å². The van der Waals surface area contributed by atoms with Crippen LogP contribution >= 0.6 is 0 Å². The van der Waals surface area contributed by atoms with Crippen molar-refractivity contribution < 1.29 is 48.1 Å². The van der Waals surface area contributed by atoms with Crippen LogP contribution in [0.25, 0.3) is 58.0 Å². The van der Waals surface area contributed by atoms with Crippen molar-refractivity contribution in [1.82, 2.24) is 0 Å². The summed E-state index contributed by atoms with van der Waals surface area (Å²) < 4.78 is 0. The van der Waals surface area contributed by atoms with Crippen LogP contribution < -0.4 is 24.8 Å². The van der Waals surface area contributed by atoms with E-state index in [1.54, 1.807) is 23.3 Å². The summed E-state index contributed by atoms with van der Waals surface area (Å²) in [7, 11) is 0. The molecule has 0 radical (unpaired) electrons. The van der Waals surface area contributed by atoms with Crippen LogP contribution in [0.15, 0.2) is 48.6 Å². The van der Waals surface area contributed by atoms with E-state index in [0.717, 1.165) is 12.8 Å². The zero-order chi connectivity index (χ0) is 23.2. The molecule has 4 aromatic carbocycles. The molecule has 4 aliphatic carbocycles. The van der Waals surface area contributed by atoms with E-state index in [1.807, 2.05) is 12.1 Å². The minimum absolute atomic E-state index is 0. The van der Waals surface area contributed by atoms with Crippen molar-refractivity contribution in [2.45, 2.75) is 25.9 Å². The summed E-state index contributed by atoms with van der Waals surface area (Å²) in [6.45, 7) is 4.62. The van der Waals surface area contributed by atoms with Gasteiger partial charge in [-0.3, -0.25) is 0 Å². The standard InChI is InChI=1S/2C15H9.C2H6Si.2ClH.Zr/c2*1-3-10-7-8-12-9-11-4-2-5-13(11)14(6-1)15(10)12;1-3-2;;;/h2*1-4,7-9H,5H2;1-2H3;2*1H;/q2*-1;;;;+2/p-2. The third-order valence-corrected chi connectivity index (χ3v) is 6.68. The van der Waals surface area contributed by atoms with E-state index < -0.39 is 0 Å². The molecule has 0 aromatic heterocycles. The molecule has 0 spiro atoms. The molecule has 176 valence electrons. The van der Waals surface area contributed by atoms with Crippen molar-refractivity contribution in [2.24, 2.45) is 0 Å². The van der Waals surface area contributed by atoms with Crippen molar-refractivity contribution in [1.29, 1.82) is 0 Å². The van der Waals surface area contributed by atoms with Crippen LogP contribution in [-0.2, 0) is 36.2 Å². The minimum atomic E-state index is 0. The molecule has 8 rings (SSSR count). The average molecular weight is 599 g/mol. The first-order valence-electron chi connectivity index (χ1n) is 11.8. The number of hydrogen-bond donors (Lipinski definition) is 0. The molecule has 0 saturated heterocycles. The summed E-state index contributed by atoms with van der Waals surface area (Å²) in [5.41, 5.74) is 11.2. The average Bonchev–Trinajstić information content (AvgIpc) is 3.62. The molecule has 0 saturated carbocycles. The van der Waals surface area contributed by atoms with Crippen molar-refractivity contribution in [2.75, 3.05) is 0 Å². The topological polar surface area (TPSA) is 0 Å². The normalized spacial score (nSPS) is 13.4. The largest absolute Gasteiger partial charge is 1.00 e. The van der Waals surface area contributed by atoms with Crippen LogP contribution in [-0.4, -0.2) is 5.43 Å². The Bertz CT molecular complexity index is 1520. The molecule has 0 amide bonds. The van der Waals surface area contributed by atoms with Crippen LogP contribution in [0.2, 0.25) is 13.1 Å². The van der Waals surface area contributed by atoms with Gasteiger partial charge in [-0.15, -0.1) is 69.4 Å². The SMILES string of the molecule is C[Si](C)=[Zr+2].[Cl-].[Cl-].[c-]1ccc2c3c(cc4c(c13)CC=C4)C=C2.[c-]1ccc2c3c(cc4c(c13)CC=C4)C=C2. The number of hydrogen-bond acceptors (Lipinski definition) is 0. The first-order chi connectivity index (χ1) is 16.6. The predicted octanol–water partition coefficient (Wildman–Crippen LogP) is 2.18. The molecular formula is C32H24Cl2SiZr-2. The first-order valence-corrected chi connectivity index (χ1v) is 18.0. The maximum absolute atomic E-state index is 3.39. The Morgan fingerprint density at radius 2 is 1.00 bits per heavy atom. The van der Waals surface area contributed by atoms with Gasteiger partial charge >= 0.3 is 41.9 Å². The molecule has 0 aliphatic heterocycles. The molecule has 0 atom stereocenters. The third-order valence-electron chi connectivity index (χ3n) is 6.68. The fourth-order valence-corrected chi connectivity index (χ4v) is 5.31. The summed E-state index contributed by atoms with van der Waals surface area (Å²) >= 11 is 1.74. The maximum Gasteiger partial charge on any atom is -0.0428 e. The van der Waals surface area contributed by atoms with Crippen LogP contribution in [0.1, 0.15) is 44.5 Å². The van der Waals surface area contributed by atoms with Crippen molar-refractivity contribution in [3.63, 3.8) is 0 Å². The maximum atomic E-state index is 3.39. The molecule has 0 fully saturated rings. The third kappa shape index (κ3) is 4.82. The van der Waals surface area contributed by atoms with E-state index >= 15 is 0 Å². The van der Waals surface area contributed by atoms with E-state index in [4.69, 9.17) is 0 Å². The fourth-order valence-electron chi connectivity index (χ4n) is 5.31. The van der Waals surface area contributed by atoms with Crippen LogP contribution in [0, 0.1) is 12.1 Å². The molecule has 0 unspecified atom stereocenters. The van der Waals surface area contributed by atoms with Gasteiger partial charge in [-0.2, -0.15) is 0 Å². The Morgan fingerprint density at radius 3 is 1.42 bits per heavy atom. The summed E-state index contributed by atoms with van der Waals surface area (Å²) in [4.78, 5) is 0. The smallest absolute Gasteiger partial charge is 0.0428 e. The van der Waals surface area contributed by atoms with E-state index in [-0.39, 0.29) is 30.2 Å². The van der Waals surface area contributed by atoms with E-state index in [1.165, 1.54) is 66.1 Å². The second kappa shape index (κ2) is 11.2. The number of fused-ring (bicyclic) bond motifs is 4. The molecule has 4 heteroatoms. The molecule has 4 aliphatic rings. The molecule has 0 nitrogen and oxygen atoms in total. The van der Waals surface area contributed by atoms with Gasteiger partial charge in [-0.1, -0.05) is 93.8 Å². The number of rotatable bonds is 0. The van der Waals surface area contributed by atoms with E-state index in [0.29, 0.717) is 0 Å². The molecule has 36 heavy (non-hydrogen) atoms. The molecule has 0 bridgehead atoms. The molecule has 0 N–H and O–H groups in total. The Labute approximate surface area is 241 Å². The summed E-state index contributed by atoms with van der Waals surface area (Å²) in [5.74, 6) is 0. The van der Waals surface area contributed by atoms with Gasteiger partial charge in [0.05, 0.1) is 0 Å². The minimum Gasteiger partial charge on any atom is -1.00 e. The number of halogens is 2. The van der Waals surface area contributed by atoms with Crippen LogP contribution in [0.3, 0.4) is 0 Å². The van der Waals surface area contributed by atoms with Crippen molar-refractivity contribution in [3.05, 3.63) is 105 Å². The summed E-state index contributed by atoms with van der Waals surface area (Å²) in [5, 5.41) is 5.41. The Hall–Kier alpha value is -1.96. The van der Waals surface area contributed by atoms with Gasteiger partial charge < -0.3 is 24.8 Å². The Kier molecular flexibility index (Phi) is 8.42. The first kappa shape index (κ1) is 27.1. The van der Waals surface area contributed by atoms with Gasteiger partial charge in [-0.25, -0.2) is 0 Å². The summed E-state index contributed by atoms with van der Waals surface area (Å²) in [6, 6.07) is 19.7. The Morgan fingerprint density at radius 1 is 0.611 bits per heavy atom. The number of benzene rings is 4. The van der Waals surface area contributed by atoms with Gasteiger partial charge in [0.25, 0.3) is 0 Å². The monoisotopic (exact) mass is 596 g/mol. The molecule has 0 heterocycles. The van der Waals surface area contributed by atoms with Crippen molar-refractivity contribution in [3.8, 4) is 0 Å². The fraction of sp³-hybridized carbons (Fsp3) is 0.125. The molecular weight excluding hydrogens is 575 g/mol. The second-order valence-corrected chi connectivity index (χ2v) is 18.7. The van der Waals surface area contributed by atoms with E-state index in [2.05, 4.69) is 98.1 Å². The van der Waals surface area contributed by atoms with Crippen molar-refractivity contribution >= 4 is 63.4 Å². The second-order valence-electron chi connectivity index (χ2n) is 9.31. The van der Waals surface area contributed by atoms with Gasteiger partial charge in [-0.05, 0) is 12.8 Å². The zero-order valence-corrected chi connectivity index (χ0v) is 25.2. The molecule has 4 aromatic rings. The van der Waals surface area contributed by atoms with Crippen LogP contribution in [0.4, 0.5) is 0 Å². The van der Waals surface area contributed by atoms with Gasteiger partial charge in [0.15, 0.2) is 0 Å². The van der Waals surface area contributed by atoms with Crippen LogP contribution in [0.5, 0.6) is 0 Å². The number of allylic oxidation sites excluding steroid dienone is 2. The van der Waals surface area contributed by atoms with Gasteiger partial charge in [0, 0.05) is 0 Å². The Balaban J connectivity index is 0.000000141. The zero-order valence-electron chi connectivity index (χ0n) is 20.3. The van der Waals surface area contributed by atoms with Gasteiger partial charge in [0.2, 0.25) is 0 Å². The van der Waals surface area contributed by atoms with Gasteiger partial charge in [0.1, 0.15) is 0 Å². The summed E-state index contributed by atoms with van der Waals surface area (Å²) in [6.07, 6.45) is 19.8. The quantitative estimate of drug-likeness (QED) is 0.186. The predicted molar refractivity (Wildman–Crippen MR) is 146 cm³/mol.